The fourth-order valence-electron chi connectivity index (χ4n) is 2.00. The van der Waals surface area contributed by atoms with Gasteiger partial charge in [-0.25, -0.2) is 14.2 Å². The number of anilines is 1. The molecule has 2 aromatic rings. The number of urea groups is 1. The van der Waals surface area contributed by atoms with E-state index < -0.39 is 0 Å². The van der Waals surface area contributed by atoms with Crippen molar-refractivity contribution < 1.29 is 9.18 Å². The fraction of sp³-hybridized carbons (Fsp3) is 0.333. The third kappa shape index (κ3) is 4.30. The van der Waals surface area contributed by atoms with Crippen molar-refractivity contribution in [3.63, 3.8) is 0 Å². The quantitative estimate of drug-likeness (QED) is 0.889. The second-order valence-electron chi connectivity index (χ2n) is 4.92. The Morgan fingerprint density at radius 2 is 2.29 bits per heavy atom. The average Bonchev–Trinajstić information content (AvgIpc) is 2.95. The summed E-state index contributed by atoms with van der Waals surface area (Å²) in [6, 6.07) is 3.95. The largest absolute Gasteiger partial charge is 0.335 e. The maximum absolute atomic E-state index is 13.2. The third-order valence-electron chi connectivity index (χ3n) is 3.27. The summed E-state index contributed by atoms with van der Waals surface area (Å²) in [6.45, 7) is 4.46. The molecule has 0 spiro atoms. The van der Waals surface area contributed by atoms with Crippen molar-refractivity contribution in [3.05, 3.63) is 48.3 Å². The highest BCUT2D eigenvalue weighted by molar-refractivity contribution is 5.90. The van der Waals surface area contributed by atoms with E-state index in [4.69, 9.17) is 0 Å². The van der Waals surface area contributed by atoms with Crippen molar-refractivity contribution in [2.24, 2.45) is 0 Å². The third-order valence-corrected chi connectivity index (χ3v) is 3.27. The van der Waals surface area contributed by atoms with E-state index in [1.54, 1.807) is 18.6 Å². The number of rotatable bonds is 5. The van der Waals surface area contributed by atoms with Gasteiger partial charge in [-0.05, 0) is 31.0 Å². The maximum atomic E-state index is 13.2. The van der Waals surface area contributed by atoms with Crippen LogP contribution in [0, 0.1) is 12.7 Å². The Hall–Kier alpha value is -2.37. The number of nitrogens with one attached hydrogen (secondary N) is 2. The summed E-state index contributed by atoms with van der Waals surface area (Å²) in [5.74, 6) is -0.374. The number of carbonyl (C=O) groups is 1. The summed E-state index contributed by atoms with van der Waals surface area (Å²) in [5, 5.41) is 5.56. The van der Waals surface area contributed by atoms with Crippen LogP contribution in [0.1, 0.15) is 18.9 Å². The summed E-state index contributed by atoms with van der Waals surface area (Å²) in [5.41, 5.74) is 1.29. The summed E-state index contributed by atoms with van der Waals surface area (Å²) in [4.78, 5) is 16.0. The Morgan fingerprint density at radius 3 is 2.95 bits per heavy atom. The summed E-state index contributed by atoms with van der Waals surface area (Å²) < 4.78 is 15.1. The minimum atomic E-state index is -0.374. The van der Waals surface area contributed by atoms with Crippen molar-refractivity contribution in [2.75, 3.05) is 5.32 Å². The molecule has 2 rings (SSSR count). The molecule has 5 nitrogen and oxygen atoms in total. The van der Waals surface area contributed by atoms with Crippen LogP contribution in [-0.4, -0.2) is 21.6 Å². The van der Waals surface area contributed by atoms with Gasteiger partial charge in [0.05, 0.1) is 6.33 Å². The van der Waals surface area contributed by atoms with Crippen molar-refractivity contribution >= 4 is 11.7 Å². The first-order valence-electron chi connectivity index (χ1n) is 6.88. The molecule has 0 aliphatic heterocycles. The van der Waals surface area contributed by atoms with Gasteiger partial charge in [0.15, 0.2) is 0 Å². The number of aryl methyl sites for hydroxylation is 1. The number of benzene rings is 1. The zero-order chi connectivity index (χ0) is 15.2. The molecule has 112 valence electrons. The van der Waals surface area contributed by atoms with E-state index in [9.17, 15) is 9.18 Å². The van der Waals surface area contributed by atoms with E-state index in [0.29, 0.717) is 12.2 Å². The molecule has 0 radical (unpaired) electrons. The second-order valence-corrected chi connectivity index (χ2v) is 4.92. The maximum Gasteiger partial charge on any atom is 0.319 e. The smallest absolute Gasteiger partial charge is 0.319 e. The van der Waals surface area contributed by atoms with E-state index in [-0.39, 0.29) is 17.9 Å². The summed E-state index contributed by atoms with van der Waals surface area (Å²) >= 11 is 0. The molecule has 0 bridgehead atoms. The lowest BCUT2D eigenvalue weighted by molar-refractivity contribution is 0.246. The van der Waals surface area contributed by atoms with Crippen molar-refractivity contribution in [1.29, 1.82) is 0 Å². The van der Waals surface area contributed by atoms with Crippen LogP contribution in [0.5, 0.6) is 0 Å². The van der Waals surface area contributed by atoms with Gasteiger partial charge in [-0.2, -0.15) is 0 Å². The van der Waals surface area contributed by atoms with Gasteiger partial charge in [-0.15, -0.1) is 0 Å². The summed E-state index contributed by atoms with van der Waals surface area (Å²) in [7, 11) is 0. The van der Waals surface area contributed by atoms with E-state index in [1.807, 2.05) is 24.6 Å². The Morgan fingerprint density at radius 1 is 1.48 bits per heavy atom. The molecule has 0 fully saturated rings. The van der Waals surface area contributed by atoms with Gasteiger partial charge in [0, 0.05) is 30.7 Å². The highest BCUT2D eigenvalue weighted by atomic mass is 19.1. The van der Waals surface area contributed by atoms with Crippen LogP contribution in [0.4, 0.5) is 14.9 Å². The van der Waals surface area contributed by atoms with Crippen LogP contribution in [0.2, 0.25) is 0 Å². The Labute approximate surface area is 123 Å². The molecule has 2 N–H and O–H groups in total. The molecule has 1 aromatic heterocycles. The topological polar surface area (TPSA) is 59.0 Å². The van der Waals surface area contributed by atoms with Crippen LogP contribution in [-0.2, 0) is 6.54 Å². The van der Waals surface area contributed by atoms with Gasteiger partial charge in [0.25, 0.3) is 0 Å². The molecule has 0 saturated heterocycles. The number of imidazole rings is 1. The fourth-order valence-corrected chi connectivity index (χ4v) is 2.00. The normalized spacial score (nSPS) is 12.0. The molecule has 1 heterocycles. The zero-order valence-corrected chi connectivity index (χ0v) is 12.1. The number of amides is 2. The number of carbonyl (C=O) groups excluding carboxylic acids is 1. The van der Waals surface area contributed by atoms with E-state index in [2.05, 4.69) is 15.6 Å². The predicted octanol–water partition coefficient (Wildman–Crippen LogP) is 2.93. The predicted molar refractivity (Wildman–Crippen MR) is 79.6 cm³/mol. The standard InChI is InChI=1S/C15H19FN4O/c1-3-13(9-20-7-6-17-10-20)18-15(21)19-14-8-12(16)5-4-11(14)2/h4-8,10,13H,3,9H2,1-2H3,(H2,18,19,21)/t13-/m0/s1. The summed E-state index contributed by atoms with van der Waals surface area (Å²) in [6.07, 6.45) is 6.04. The Kier molecular flexibility index (Phi) is 4.92. The SMILES string of the molecule is CC[C@@H](Cn1ccnc1)NC(=O)Nc1cc(F)ccc1C. The highest BCUT2D eigenvalue weighted by Crippen LogP contribution is 2.15. The number of halogens is 1. The minimum absolute atomic E-state index is 0.0203. The Bertz CT molecular complexity index is 598. The van der Waals surface area contributed by atoms with Gasteiger partial charge < -0.3 is 15.2 Å². The molecule has 6 heteroatoms. The molecule has 0 unspecified atom stereocenters. The van der Waals surface area contributed by atoms with Gasteiger partial charge in [-0.1, -0.05) is 13.0 Å². The van der Waals surface area contributed by atoms with Crippen molar-refractivity contribution in [1.82, 2.24) is 14.9 Å². The van der Waals surface area contributed by atoms with Crippen LogP contribution < -0.4 is 10.6 Å². The first-order chi connectivity index (χ1) is 10.1. The molecular formula is C15H19FN4O. The molecule has 1 atom stereocenters. The second kappa shape index (κ2) is 6.88. The van der Waals surface area contributed by atoms with Crippen LogP contribution in [0.3, 0.4) is 0 Å². The first kappa shape index (κ1) is 15.0. The molecular weight excluding hydrogens is 271 g/mol. The molecule has 2 amide bonds. The molecule has 21 heavy (non-hydrogen) atoms. The van der Waals surface area contributed by atoms with Gasteiger partial charge in [-0.3, -0.25) is 0 Å². The average molecular weight is 290 g/mol. The Balaban J connectivity index is 1.95. The minimum Gasteiger partial charge on any atom is -0.335 e. The number of aromatic nitrogens is 2. The van der Waals surface area contributed by atoms with E-state index in [0.717, 1.165) is 12.0 Å². The van der Waals surface area contributed by atoms with Gasteiger partial charge >= 0.3 is 6.03 Å². The van der Waals surface area contributed by atoms with E-state index in [1.165, 1.54) is 12.1 Å². The lowest BCUT2D eigenvalue weighted by atomic mass is 10.2. The zero-order valence-electron chi connectivity index (χ0n) is 12.1. The van der Waals surface area contributed by atoms with Crippen molar-refractivity contribution in [3.8, 4) is 0 Å². The van der Waals surface area contributed by atoms with E-state index >= 15 is 0 Å². The van der Waals surface area contributed by atoms with Crippen molar-refractivity contribution in [2.45, 2.75) is 32.9 Å². The van der Waals surface area contributed by atoms with Crippen LogP contribution in [0.15, 0.2) is 36.9 Å². The highest BCUT2D eigenvalue weighted by Gasteiger charge is 2.12. The number of nitrogens with zero attached hydrogens (tertiary/aromatic N) is 2. The van der Waals surface area contributed by atoms with Crippen LogP contribution in [0.25, 0.3) is 0 Å². The molecule has 0 aliphatic rings. The van der Waals surface area contributed by atoms with Crippen LogP contribution >= 0.6 is 0 Å². The van der Waals surface area contributed by atoms with Gasteiger partial charge in [0.1, 0.15) is 5.82 Å². The monoisotopic (exact) mass is 290 g/mol. The number of hydrogen-bond acceptors (Lipinski definition) is 2. The molecule has 0 aliphatic carbocycles. The first-order valence-corrected chi connectivity index (χ1v) is 6.88. The lowest BCUT2D eigenvalue weighted by Crippen LogP contribution is -2.40. The molecule has 0 saturated carbocycles. The molecule has 1 aromatic carbocycles. The van der Waals surface area contributed by atoms with Gasteiger partial charge in [0.2, 0.25) is 0 Å². The number of hydrogen-bond donors (Lipinski definition) is 2. The lowest BCUT2D eigenvalue weighted by Gasteiger charge is -2.18.